The molecule has 0 fully saturated rings. The number of para-hydroxylation sites is 1. The third-order valence-corrected chi connectivity index (χ3v) is 5.02. The topological polar surface area (TPSA) is 72.7 Å². The van der Waals surface area contributed by atoms with Crippen LogP contribution in [0.5, 0.6) is 0 Å². The molecule has 1 N–H and O–H groups in total. The van der Waals surface area contributed by atoms with E-state index in [2.05, 4.69) is 20.8 Å². The fourth-order valence-electron chi connectivity index (χ4n) is 2.79. The summed E-state index contributed by atoms with van der Waals surface area (Å²) in [6, 6.07) is 15.9. The fraction of sp³-hybridized carbons (Fsp3) is 0.263. The van der Waals surface area contributed by atoms with Crippen LogP contribution < -0.4 is 5.32 Å². The highest BCUT2D eigenvalue weighted by atomic mass is 32.2. The summed E-state index contributed by atoms with van der Waals surface area (Å²) in [5.41, 5.74) is 4.20. The molecule has 0 aliphatic rings. The summed E-state index contributed by atoms with van der Waals surface area (Å²) < 4.78 is 1.70. The number of carbonyl (C=O) groups is 1. The predicted octanol–water partition coefficient (Wildman–Crippen LogP) is 3.25. The van der Waals surface area contributed by atoms with Gasteiger partial charge in [-0.1, -0.05) is 60.3 Å². The molecule has 1 atom stereocenters. The van der Waals surface area contributed by atoms with Gasteiger partial charge in [-0.2, -0.15) is 4.68 Å². The van der Waals surface area contributed by atoms with Gasteiger partial charge in [0.25, 0.3) is 0 Å². The summed E-state index contributed by atoms with van der Waals surface area (Å²) >= 11 is 1.33. The highest BCUT2D eigenvalue weighted by molar-refractivity contribution is 7.99. The molecule has 134 valence electrons. The molecule has 0 unspecified atom stereocenters. The van der Waals surface area contributed by atoms with E-state index in [9.17, 15) is 4.79 Å². The second-order valence-electron chi connectivity index (χ2n) is 6.10. The Morgan fingerprint density at radius 2 is 1.81 bits per heavy atom. The van der Waals surface area contributed by atoms with Gasteiger partial charge in [0.05, 0.1) is 17.5 Å². The van der Waals surface area contributed by atoms with Crippen LogP contribution in [0.25, 0.3) is 5.69 Å². The molecule has 0 aliphatic heterocycles. The second-order valence-corrected chi connectivity index (χ2v) is 7.04. The van der Waals surface area contributed by atoms with Crippen molar-refractivity contribution in [3.05, 3.63) is 65.2 Å². The molecule has 26 heavy (non-hydrogen) atoms. The third kappa shape index (κ3) is 4.11. The SMILES string of the molecule is Cc1cccc(C)c1-n1nnnc1SCC(=O)N[C@H](C)c1ccccc1. The van der Waals surface area contributed by atoms with Crippen molar-refractivity contribution in [3.63, 3.8) is 0 Å². The minimum absolute atomic E-state index is 0.0427. The first-order valence-corrected chi connectivity index (χ1v) is 9.37. The molecule has 1 heterocycles. The van der Waals surface area contributed by atoms with Gasteiger partial charge in [-0.3, -0.25) is 4.79 Å². The van der Waals surface area contributed by atoms with Gasteiger partial charge in [0.15, 0.2) is 0 Å². The molecule has 0 saturated heterocycles. The van der Waals surface area contributed by atoms with Crippen molar-refractivity contribution in [3.8, 4) is 5.69 Å². The number of tetrazole rings is 1. The summed E-state index contributed by atoms with van der Waals surface area (Å²) in [5.74, 6) is 0.199. The largest absolute Gasteiger partial charge is 0.349 e. The van der Waals surface area contributed by atoms with Gasteiger partial charge < -0.3 is 5.32 Å². The second kappa shape index (κ2) is 8.14. The Labute approximate surface area is 157 Å². The number of amides is 1. The van der Waals surface area contributed by atoms with Crippen molar-refractivity contribution in [1.29, 1.82) is 0 Å². The molecule has 0 saturated carbocycles. The number of hydrogen-bond acceptors (Lipinski definition) is 5. The van der Waals surface area contributed by atoms with Crippen LogP contribution in [0.4, 0.5) is 0 Å². The number of nitrogens with one attached hydrogen (secondary N) is 1. The molecule has 1 amide bonds. The van der Waals surface area contributed by atoms with Gasteiger partial charge in [0.1, 0.15) is 0 Å². The normalized spacial score (nSPS) is 12.0. The Morgan fingerprint density at radius 1 is 1.12 bits per heavy atom. The van der Waals surface area contributed by atoms with E-state index in [-0.39, 0.29) is 17.7 Å². The summed E-state index contributed by atoms with van der Waals surface area (Å²) in [7, 11) is 0. The van der Waals surface area contributed by atoms with Crippen LogP contribution >= 0.6 is 11.8 Å². The number of carbonyl (C=O) groups excluding carboxylic acids is 1. The maximum absolute atomic E-state index is 12.3. The van der Waals surface area contributed by atoms with Gasteiger partial charge in [-0.05, 0) is 47.9 Å². The van der Waals surface area contributed by atoms with E-state index in [4.69, 9.17) is 0 Å². The molecule has 3 aromatic rings. The van der Waals surface area contributed by atoms with Crippen molar-refractivity contribution < 1.29 is 4.79 Å². The number of aromatic nitrogens is 4. The number of thioether (sulfide) groups is 1. The van der Waals surface area contributed by atoms with Gasteiger partial charge >= 0.3 is 0 Å². The molecular formula is C19H21N5OS. The maximum atomic E-state index is 12.3. The lowest BCUT2D eigenvalue weighted by molar-refractivity contribution is -0.119. The van der Waals surface area contributed by atoms with E-state index >= 15 is 0 Å². The summed E-state index contributed by atoms with van der Waals surface area (Å²) in [5, 5.41) is 15.5. The number of rotatable bonds is 6. The Bertz CT molecular complexity index is 874. The van der Waals surface area contributed by atoms with E-state index < -0.39 is 0 Å². The average Bonchev–Trinajstić information content (AvgIpc) is 3.09. The van der Waals surface area contributed by atoms with E-state index in [0.717, 1.165) is 22.4 Å². The lowest BCUT2D eigenvalue weighted by Gasteiger charge is -2.14. The van der Waals surface area contributed by atoms with Crippen LogP contribution in [-0.4, -0.2) is 31.9 Å². The molecular weight excluding hydrogens is 346 g/mol. The number of benzene rings is 2. The zero-order chi connectivity index (χ0) is 18.5. The minimum Gasteiger partial charge on any atom is -0.349 e. The highest BCUT2D eigenvalue weighted by Gasteiger charge is 2.16. The van der Waals surface area contributed by atoms with Crippen LogP contribution in [0.2, 0.25) is 0 Å². The first-order valence-electron chi connectivity index (χ1n) is 8.38. The van der Waals surface area contributed by atoms with Gasteiger partial charge in [-0.25, -0.2) is 0 Å². The van der Waals surface area contributed by atoms with E-state index in [1.54, 1.807) is 4.68 Å². The molecule has 3 rings (SSSR count). The van der Waals surface area contributed by atoms with Crippen LogP contribution in [0.15, 0.2) is 53.7 Å². The standard InChI is InChI=1S/C19H21N5OS/c1-13-8-7-9-14(2)18(13)24-19(21-22-23-24)26-12-17(25)20-15(3)16-10-5-4-6-11-16/h4-11,15H,12H2,1-3H3,(H,20,25)/t15-/m1/s1. The molecule has 0 aliphatic carbocycles. The quantitative estimate of drug-likeness (QED) is 0.677. The molecule has 6 nitrogen and oxygen atoms in total. The first-order chi connectivity index (χ1) is 12.6. The van der Waals surface area contributed by atoms with Crippen molar-refractivity contribution in [1.82, 2.24) is 25.5 Å². The summed E-state index contributed by atoms with van der Waals surface area (Å²) in [6.07, 6.45) is 0. The molecule has 7 heteroatoms. The van der Waals surface area contributed by atoms with Crippen LogP contribution in [0.3, 0.4) is 0 Å². The number of nitrogens with zero attached hydrogens (tertiary/aromatic N) is 4. The first kappa shape index (κ1) is 18.1. The van der Waals surface area contributed by atoms with E-state index in [1.807, 2.05) is 69.3 Å². The number of aryl methyl sites for hydroxylation is 2. The zero-order valence-corrected chi connectivity index (χ0v) is 15.8. The Morgan fingerprint density at radius 3 is 2.50 bits per heavy atom. The smallest absolute Gasteiger partial charge is 0.230 e. The van der Waals surface area contributed by atoms with Gasteiger partial charge in [0, 0.05) is 0 Å². The van der Waals surface area contributed by atoms with Crippen molar-refractivity contribution in [2.24, 2.45) is 0 Å². The fourth-order valence-corrected chi connectivity index (χ4v) is 3.48. The van der Waals surface area contributed by atoms with E-state index in [1.165, 1.54) is 11.8 Å². The molecule has 0 spiro atoms. The Balaban J connectivity index is 1.66. The minimum atomic E-state index is -0.0533. The van der Waals surface area contributed by atoms with Crippen molar-refractivity contribution in [2.75, 3.05) is 5.75 Å². The van der Waals surface area contributed by atoms with Gasteiger partial charge in [-0.15, -0.1) is 5.10 Å². The predicted molar refractivity (Wildman–Crippen MR) is 102 cm³/mol. The molecule has 1 aromatic heterocycles. The third-order valence-electron chi connectivity index (χ3n) is 4.10. The monoisotopic (exact) mass is 367 g/mol. The van der Waals surface area contributed by atoms with E-state index in [0.29, 0.717) is 5.16 Å². The summed E-state index contributed by atoms with van der Waals surface area (Å²) in [4.78, 5) is 12.3. The lowest BCUT2D eigenvalue weighted by Crippen LogP contribution is -2.28. The van der Waals surface area contributed by atoms with Crippen molar-refractivity contribution >= 4 is 17.7 Å². The number of hydrogen-bond donors (Lipinski definition) is 1. The van der Waals surface area contributed by atoms with Gasteiger partial charge in [0.2, 0.25) is 11.1 Å². The van der Waals surface area contributed by atoms with Crippen LogP contribution in [0.1, 0.15) is 29.7 Å². The van der Waals surface area contributed by atoms with Crippen LogP contribution in [0, 0.1) is 13.8 Å². The Hall–Kier alpha value is -2.67. The van der Waals surface area contributed by atoms with Crippen LogP contribution in [-0.2, 0) is 4.79 Å². The lowest BCUT2D eigenvalue weighted by atomic mass is 10.1. The molecule has 0 bridgehead atoms. The Kier molecular flexibility index (Phi) is 5.68. The maximum Gasteiger partial charge on any atom is 0.230 e. The molecule has 0 radical (unpaired) electrons. The highest BCUT2D eigenvalue weighted by Crippen LogP contribution is 2.23. The zero-order valence-electron chi connectivity index (χ0n) is 15.0. The molecule has 2 aromatic carbocycles. The average molecular weight is 367 g/mol. The van der Waals surface area contributed by atoms with Crippen molar-refractivity contribution in [2.45, 2.75) is 32.0 Å². The summed E-state index contributed by atoms with van der Waals surface area (Å²) in [6.45, 7) is 6.01.